The van der Waals surface area contributed by atoms with Crippen LogP contribution < -0.4 is 16.2 Å². The number of carbonyl (C=O) groups is 1. The van der Waals surface area contributed by atoms with E-state index >= 15 is 0 Å². The predicted octanol–water partition coefficient (Wildman–Crippen LogP) is 3.11. The van der Waals surface area contributed by atoms with E-state index in [1.807, 2.05) is 45.0 Å². The van der Waals surface area contributed by atoms with E-state index in [-0.39, 0.29) is 29.7 Å². The third kappa shape index (κ3) is 4.00. The number of carbonyl (C=O) groups excluding carboxylic acids is 1. The molecule has 2 N–H and O–H groups in total. The minimum atomic E-state index is -0.303. The second-order valence-corrected chi connectivity index (χ2v) is 7.74. The molecule has 2 aromatic rings. The average molecular weight is 342 g/mol. The van der Waals surface area contributed by atoms with Crippen LogP contribution in [0.4, 0.5) is 4.79 Å². The molecule has 0 aliphatic heterocycles. The van der Waals surface area contributed by atoms with Gasteiger partial charge in [0.2, 0.25) is 0 Å². The number of fused-ring (bicyclic) bond motifs is 1. The van der Waals surface area contributed by atoms with Gasteiger partial charge in [-0.1, -0.05) is 31.0 Å². The molecule has 0 radical (unpaired) electrons. The van der Waals surface area contributed by atoms with Gasteiger partial charge in [-0.25, -0.2) is 9.48 Å². The lowest BCUT2D eigenvalue weighted by Crippen LogP contribution is -2.46. The van der Waals surface area contributed by atoms with Gasteiger partial charge in [-0.3, -0.25) is 4.79 Å². The number of urea groups is 1. The van der Waals surface area contributed by atoms with Gasteiger partial charge in [0.1, 0.15) is 0 Å². The van der Waals surface area contributed by atoms with E-state index in [2.05, 4.69) is 15.7 Å². The fourth-order valence-corrected chi connectivity index (χ4v) is 3.35. The van der Waals surface area contributed by atoms with E-state index in [0.717, 1.165) is 36.8 Å². The van der Waals surface area contributed by atoms with Gasteiger partial charge in [-0.15, -0.1) is 0 Å². The molecule has 25 heavy (non-hydrogen) atoms. The first-order chi connectivity index (χ1) is 11.8. The molecule has 1 aliphatic rings. The molecule has 1 fully saturated rings. The molecular weight excluding hydrogens is 316 g/mol. The zero-order valence-electron chi connectivity index (χ0n) is 15.1. The summed E-state index contributed by atoms with van der Waals surface area (Å²) in [4.78, 5) is 24.9. The van der Waals surface area contributed by atoms with E-state index in [1.54, 1.807) is 4.68 Å². The van der Waals surface area contributed by atoms with Crippen molar-refractivity contribution in [2.24, 2.45) is 0 Å². The normalized spacial score (nSPS) is 15.5. The number of benzene rings is 1. The summed E-state index contributed by atoms with van der Waals surface area (Å²) in [7, 11) is 0. The Morgan fingerprint density at radius 2 is 1.84 bits per heavy atom. The molecule has 0 saturated heterocycles. The highest BCUT2D eigenvalue weighted by Gasteiger charge is 2.21. The van der Waals surface area contributed by atoms with E-state index in [0.29, 0.717) is 5.39 Å². The lowest BCUT2D eigenvalue weighted by atomic mass is 10.1. The van der Waals surface area contributed by atoms with Crippen LogP contribution in [0, 0.1) is 0 Å². The smallest absolute Gasteiger partial charge is 0.315 e. The Bertz CT molecular complexity index is 829. The number of rotatable bonds is 3. The van der Waals surface area contributed by atoms with Crippen LogP contribution in [0.25, 0.3) is 10.8 Å². The van der Waals surface area contributed by atoms with Crippen LogP contribution in [0.2, 0.25) is 0 Å². The Morgan fingerprint density at radius 1 is 1.20 bits per heavy atom. The summed E-state index contributed by atoms with van der Waals surface area (Å²) in [5.74, 6) is 0. The van der Waals surface area contributed by atoms with Crippen molar-refractivity contribution in [1.82, 2.24) is 20.4 Å². The van der Waals surface area contributed by atoms with Crippen molar-refractivity contribution < 1.29 is 4.79 Å². The Balaban J connectivity index is 1.92. The molecule has 0 atom stereocenters. The first-order valence-electron chi connectivity index (χ1n) is 8.91. The molecule has 1 aromatic carbocycles. The van der Waals surface area contributed by atoms with Crippen molar-refractivity contribution >= 4 is 16.8 Å². The molecule has 1 aliphatic carbocycles. The number of aromatic nitrogens is 2. The van der Waals surface area contributed by atoms with Gasteiger partial charge in [0.25, 0.3) is 5.56 Å². The van der Waals surface area contributed by atoms with Crippen molar-refractivity contribution in [3.63, 3.8) is 0 Å². The molecule has 1 heterocycles. The predicted molar refractivity (Wildman–Crippen MR) is 98.6 cm³/mol. The maximum Gasteiger partial charge on any atom is 0.315 e. The van der Waals surface area contributed by atoms with Gasteiger partial charge in [0.15, 0.2) is 0 Å². The van der Waals surface area contributed by atoms with E-state index < -0.39 is 0 Å². The molecule has 0 unspecified atom stereocenters. The zero-order chi connectivity index (χ0) is 18.0. The van der Waals surface area contributed by atoms with Gasteiger partial charge in [-0.05, 0) is 39.7 Å². The lowest BCUT2D eigenvalue weighted by molar-refractivity contribution is 0.231. The Hall–Kier alpha value is -2.37. The van der Waals surface area contributed by atoms with Crippen LogP contribution in [0.15, 0.2) is 29.1 Å². The van der Waals surface area contributed by atoms with Crippen molar-refractivity contribution in [2.75, 3.05) is 0 Å². The van der Waals surface area contributed by atoms with Crippen molar-refractivity contribution in [1.29, 1.82) is 0 Å². The first kappa shape index (κ1) is 17.5. The third-order valence-electron chi connectivity index (χ3n) is 4.48. The molecule has 1 aromatic heterocycles. The highest BCUT2D eigenvalue weighted by atomic mass is 16.2. The second-order valence-electron chi connectivity index (χ2n) is 7.74. The van der Waals surface area contributed by atoms with Crippen LogP contribution in [0.3, 0.4) is 0 Å². The number of nitrogens with one attached hydrogen (secondary N) is 2. The van der Waals surface area contributed by atoms with Crippen molar-refractivity contribution in [3.8, 4) is 0 Å². The van der Waals surface area contributed by atoms with Gasteiger partial charge in [0, 0.05) is 10.9 Å². The number of hydrogen-bond acceptors (Lipinski definition) is 3. The zero-order valence-corrected chi connectivity index (χ0v) is 15.1. The van der Waals surface area contributed by atoms with Gasteiger partial charge < -0.3 is 10.6 Å². The van der Waals surface area contributed by atoms with Crippen LogP contribution in [-0.4, -0.2) is 21.4 Å². The maximum absolute atomic E-state index is 12.8. The fourth-order valence-electron chi connectivity index (χ4n) is 3.35. The molecular formula is C19H26N4O2. The molecule has 6 heteroatoms. The molecule has 0 spiro atoms. The molecule has 2 amide bonds. The summed E-state index contributed by atoms with van der Waals surface area (Å²) in [5.41, 5.74) is 0.388. The highest BCUT2D eigenvalue weighted by molar-refractivity contribution is 5.84. The summed E-state index contributed by atoms with van der Waals surface area (Å²) in [6.07, 6.45) is 4.24. The van der Waals surface area contributed by atoms with Gasteiger partial charge in [-0.2, -0.15) is 5.10 Å². The SMILES string of the molecule is CC(C)(C)NC(=O)NCc1nn(C2CCCC2)c(=O)c2ccccc12. The molecule has 134 valence electrons. The Labute approximate surface area is 147 Å². The maximum atomic E-state index is 12.8. The minimum Gasteiger partial charge on any atom is -0.334 e. The van der Waals surface area contributed by atoms with Crippen molar-refractivity contribution in [2.45, 2.75) is 64.6 Å². The van der Waals surface area contributed by atoms with Crippen LogP contribution in [0.5, 0.6) is 0 Å². The summed E-state index contributed by atoms with van der Waals surface area (Å²) >= 11 is 0. The van der Waals surface area contributed by atoms with Crippen molar-refractivity contribution in [3.05, 3.63) is 40.3 Å². The number of nitrogens with zero attached hydrogens (tertiary/aromatic N) is 2. The van der Waals surface area contributed by atoms with Gasteiger partial charge >= 0.3 is 6.03 Å². The standard InChI is InChI=1S/C19H26N4O2/c1-19(2,3)21-18(25)20-12-16-14-10-6-7-11-15(14)17(24)23(22-16)13-8-4-5-9-13/h6-7,10-11,13H,4-5,8-9,12H2,1-3H3,(H2,20,21,25). The molecule has 6 nitrogen and oxygen atoms in total. The third-order valence-corrected chi connectivity index (χ3v) is 4.48. The van der Waals surface area contributed by atoms with Crippen LogP contribution >= 0.6 is 0 Å². The lowest BCUT2D eigenvalue weighted by Gasteiger charge is -2.21. The Morgan fingerprint density at radius 3 is 2.48 bits per heavy atom. The first-order valence-corrected chi connectivity index (χ1v) is 8.91. The monoisotopic (exact) mass is 342 g/mol. The Kier molecular flexibility index (Phi) is 4.79. The average Bonchev–Trinajstić information content (AvgIpc) is 3.07. The van der Waals surface area contributed by atoms with E-state index in [1.165, 1.54) is 0 Å². The summed E-state index contributed by atoms with van der Waals surface area (Å²) in [6, 6.07) is 7.41. The largest absolute Gasteiger partial charge is 0.334 e. The van der Waals surface area contributed by atoms with E-state index in [9.17, 15) is 9.59 Å². The second kappa shape index (κ2) is 6.86. The summed E-state index contributed by atoms with van der Waals surface area (Å²) in [5, 5.41) is 11.8. The van der Waals surface area contributed by atoms with E-state index in [4.69, 9.17) is 0 Å². The molecule has 0 bridgehead atoms. The van der Waals surface area contributed by atoms with Crippen LogP contribution in [0.1, 0.15) is 58.2 Å². The molecule has 3 rings (SSSR count). The minimum absolute atomic E-state index is 0.0367. The fraction of sp³-hybridized carbons (Fsp3) is 0.526. The number of hydrogen-bond donors (Lipinski definition) is 2. The summed E-state index contributed by atoms with van der Waals surface area (Å²) < 4.78 is 1.63. The summed E-state index contributed by atoms with van der Waals surface area (Å²) in [6.45, 7) is 6.08. The topological polar surface area (TPSA) is 76.0 Å². The van der Waals surface area contributed by atoms with Crippen LogP contribution in [-0.2, 0) is 6.54 Å². The number of amides is 2. The van der Waals surface area contributed by atoms with Gasteiger partial charge in [0.05, 0.1) is 23.7 Å². The molecule has 1 saturated carbocycles. The quantitative estimate of drug-likeness (QED) is 0.900. The highest BCUT2D eigenvalue weighted by Crippen LogP contribution is 2.28.